The maximum absolute atomic E-state index is 12.1. The van der Waals surface area contributed by atoms with E-state index in [9.17, 15) is 9.90 Å². The van der Waals surface area contributed by atoms with Crippen molar-refractivity contribution in [3.8, 4) is 0 Å². The second kappa shape index (κ2) is 5.67. The molecule has 2 unspecified atom stereocenters. The van der Waals surface area contributed by atoms with E-state index in [-0.39, 0.29) is 18.1 Å². The normalized spacial score (nSPS) is 29.2. The summed E-state index contributed by atoms with van der Waals surface area (Å²) >= 11 is 0. The van der Waals surface area contributed by atoms with Crippen molar-refractivity contribution in [1.82, 2.24) is 5.32 Å². The monoisotopic (exact) mass is 237 g/mol. The molecule has 0 saturated heterocycles. The number of aliphatic hydroxyl groups is 1. The summed E-state index contributed by atoms with van der Waals surface area (Å²) in [5.74, 6) is 0.0350. The Morgan fingerprint density at radius 2 is 1.82 bits per heavy atom. The minimum absolute atomic E-state index is 0.0341. The summed E-state index contributed by atoms with van der Waals surface area (Å²) in [4.78, 5) is 12.1. The van der Waals surface area contributed by atoms with E-state index in [0.717, 1.165) is 44.1 Å². The third kappa shape index (κ3) is 3.09. The summed E-state index contributed by atoms with van der Waals surface area (Å²) in [6, 6.07) is -0.0341. The van der Waals surface area contributed by atoms with E-state index in [4.69, 9.17) is 0 Å². The van der Waals surface area contributed by atoms with E-state index in [1.165, 1.54) is 18.4 Å². The van der Waals surface area contributed by atoms with Gasteiger partial charge in [-0.3, -0.25) is 4.79 Å². The highest BCUT2D eigenvalue weighted by molar-refractivity contribution is 5.93. The zero-order chi connectivity index (χ0) is 12.3. The highest BCUT2D eigenvalue weighted by atomic mass is 16.3. The molecule has 3 nitrogen and oxygen atoms in total. The van der Waals surface area contributed by atoms with Gasteiger partial charge in [-0.15, -0.1) is 0 Å². The quantitative estimate of drug-likeness (QED) is 0.724. The number of aliphatic hydroxyl groups excluding tert-OH is 1. The van der Waals surface area contributed by atoms with Gasteiger partial charge in [-0.2, -0.15) is 0 Å². The number of allylic oxidation sites excluding steroid dienone is 1. The molecule has 17 heavy (non-hydrogen) atoms. The lowest BCUT2D eigenvalue weighted by atomic mass is 9.92. The average molecular weight is 237 g/mol. The first-order valence-corrected chi connectivity index (χ1v) is 6.86. The molecule has 0 spiro atoms. The van der Waals surface area contributed by atoms with Crippen LogP contribution in [-0.4, -0.2) is 23.2 Å². The smallest absolute Gasteiger partial charge is 0.247 e. The van der Waals surface area contributed by atoms with Gasteiger partial charge in [0, 0.05) is 5.57 Å². The van der Waals surface area contributed by atoms with Crippen LogP contribution in [0.4, 0.5) is 0 Å². The van der Waals surface area contributed by atoms with Crippen LogP contribution in [0.15, 0.2) is 11.1 Å². The Labute approximate surface area is 103 Å². The largest absolute Gasteiger partial charge is 0.391 e. The van der Waals surface area contributed by atoms with Crippen molar-refractivity contribution in [2.75, 3.05) is 0 Å². The summed E-state index contributed by atoms with van der Waals surface area (Å²) < 4.78 is 0. The molecule has 2 N–H and O–H groups in total. The molecule has 0 aliphatic heterocycles. The zero-order valence-electron chi connectivity index (χ0n) is 10.7. The predicted molar refractivity (Wildman–Crippen MR) is 67.6 cm³/mol. The van der Waals surface area contributed by atoms with Gasteiger partial charge >= 0.3 is 0 Å². The minimum atomic E-state index is -0.353. The summed E-state index contributed by atoms with van der Waals surface area (Å²) in [7, 11) is 0. The molecule has 2 aliphatic rings. The molecule has 2 rings (SSSR count). The highest BCUT2D eigenvalue weighted by Crippen LogP contribution is 2.27. The van der Waals surface area contributed by atoms with Gasteiger partial charge < -0.3 is 10.4 Å². The Hall–Kier alpha value is -0.830. The average Bonchev–Trinajstić information content (AvgIpc) is 2.84. The van der Waals surface area contributed by atoms with E-state index < -0.39 is 0 Å². The van der Waals surface area contributed by atoms with Gasteiger partial charge in [0.15, 0.2) is 0 Å². The van der Waals surface area contributed by atoms with Gasteiger partial charge in [0.2, 0.25) is 5.91 Å². The SMILES string of the molecule is CC(C(=O)NC1CCCCC1O)=C1CCCC1. The van der Waals surface area contributed by atoms with Gasteiger partial charge in [-0.05, 0) is 45.4 Å². The van der Waals surface area contributed by atoms with Crippen molar-refractivity contribution in [2.24, 2.45) is 0 Å². The molecule has 0 heterocycles. The Kier molecular flexibility index (Phi) is 4.21. The van der Waals surface area contributed by atoms with Crippen LogP contribution in [-0.2, 0) is 4.79 Å². The third-order valence-corrected chi connectivity index (χ3v) is 4.12. The summed E-state index contributed by atoms with van der Waals surface area (Å²) in [5, 5.41) is 12.8. The second-order valence-electron chi connectivity index (χ2n) is 5.37. The van der Waals surface area contributed by atoms with Crippen LogP contribution in [0.3, 0.4) is 0 Å². The second-order valence-corrected chi connectivity index (χ2v) is 5.37. The number of hydrogen-bond donors (Lipinski definition) is 2. The van der Waals surface area contributed by atoms with Gasteiger partial charge in [-0.25, -0.2) is 0 Å². The molecule has 3 heteroatoms. The van der Waals surface area contributed by atoms with Crippen molar-refractivity contribution < 1.29 is 9.90 Å². The van der Waals surface area contributed by atoms with Crippen LogP contribution < -0.4 is 5.32 Å². The lowest BCUT2D eigenvalue weighted by molar-refractivity contribution is -0.119. The Bertz CT molecular complexity index is 314. The summed E-state index contributed by atoms with van der Waals surface area (Å²) in [6.45, 7) is 1.92. The minimum Gasteiger partial charge on any atom is -0.391 e. The summed E-state index contributed by atoms with van der Waals surface area (Å²) in [6.07, 6.45) is 8.15. The molecule has 2 saturated carbocycles. The van der Waals surface area contributed by atoms with Crippen molar-refractivity contribution in [1.29, 1.82) is 0 Å². The van der Waals surface area contributed by atoms with Gasteiger partial charge in [0.25, 0.3) is 0 Å². The lowest BCUT2D eigenvalue weighted by Gasteiger charge is -2.28. The molecule has 0 aromatic rings. The molecule has 0 aromatic heterocycles. The van der Waals surface area contributed by atoms with E-state index >= 15 is 0 Å². The maximum Gasteiger partial charge on any atom is 0.247 e. The van der Waals surface area contributed by atoms with E-state index in [1.54, 1.807) is 0 Å². The molecule has 0 aromatic carbocycles. The molecule has 2 fully saturated rings. The molecule has 1 amide bonds. The number of rotatable bonds is 2. The first kappa shape index (κ1) is 12.6. The van der Waals surface area contributed by atoms with E-state index in [1.807, 2.05) is 6.92 Å². The third-order valence-electron chi connectivity index (χ3n) is 4.12. The molecule has 0 radical (unpaired) electrons. The zero-order valence-corrected chi connectivity index (χ0v) is 10.7. The van der Waals surface area contributed by atoms with Crippen LogP contribution in [0.25, 0.3) is 0 Å². The number of carbonyl (C=O) groups is 1. The molecule has 0 bridgehead atoms. The number of amides is 1. The number of nitrogens with one attached hydrogen (secondary N) is 1. The highest BCUT2D eigenvalue weighted by Gasteiger charge is 2.25. The first-order chi connectivity index (χ1) is 8.18. The standard InChI is InChI=1S/C14H23NO2/c1-10(11-6-2-3-7-11)14(17)15-12-8-4-5-9-13(12)16/h12-13,16H,2-9H2,1H3,(H,15,17). The van der Waals surface area contributed by atoms with Crippen LogP contribution in [0.1, 0.15) is 58.3 Å². The fourth-order valence-corrected chi connectivity index (χ4v) is 2.89. The molecule has 2 aliphatic carbocycles. The lowest BCUT2D eigenvalue weighted by Crippen LogP contribution is -2.45. The Morgan fingerprint density at radius 3 is 2.47 bits per heavy atom. The van der Waals surface area contributed by atoms with Crippen molar-refractivity contribution in [3.05, 3.63) is 11.1 Å². The molecule has 2 atom stereocenters. The van der Waals surface area contributed by atoms with Crippen molar-refractivity contribution >= 4 is 5.91 Å². The fourth-order valence-electron chi connectivity index (χ4n) is 2.89. The van der Waals surface area contributed by atoms with Gasteiger partial charge in [0.05, 0.1) is 12.1 Å². The molecule has 96 valence electrons. The first-order valence-electron chi connectivity index (χ1n) is 6.86. The Morgan fingerprint density at radius 1 is 1.18 bits per heavy atom. The Balaban J connectivity index is 1.93. The van der Waals surface area contributed by atoms with Crippen LogP contribution in [0.2, 0.25) is 0 Å². The maximum atomic E-state index is 12.1. The van der Waals surface area contributed by atoms with Gasteiger partial charge in [0.1, 0.15) is 0 Å². The van der Waals surface area contributed by atoms with Crippen LogP contribution in [0, 0.1) is 0 Å². The van der Waals surface area contributed by atoms with Crippen molar-refractivity contribution in [3.63, 3.8) is 0 Å². The number of carbonyl (C=O) groups excluding carboxylic acids is 1. The van der Waals surface area contributed by atoms with Gasteiger partial charge in [-0.1, -0.05) is 18.4 Å². The topological polar surface area (TPSA) is 49.3 Å². The van der Waals surface area contributed by atoms with Crippen molar-refractivity contribution in [2.45, 2.75) is 70.4 Å². The predicted octanol–water partition coefficient (Wildman–Crippen LogP) is 2.30. The van der Waals surface area contributed by atoms with E-state index in [2.05, 4.69) is 5.32 Å². The van der Waals surface area contributed by atoms with Crippen LogP contribution >= 0.6 is 0 Å². The molecular formula is C14H23NO2. The fraction of sp³-hybridized carbons (Fsp3) is 0.786. The summed E-state index contributed by atoms with van der Waals surface area (Å²) in [5.41, 5.74) is 2.20. The number of hydrogen-bond acceptors (Lipinski definition) is 2. The van der Waals surface area contributed by atoms with Crippen LogP contribution in [0.5, 0.6) is 0 Å². The van der Waals surface area contributed by atoms with E-state index in [0.29, 0.717) is 0 Å². The molecular weight excluding hydrogens is 214 g/mol.